The first-order chi connectivity index (χ1) is 12.0. The van der Waals surface area contributed by atoms with Crippen LogP contribution in [0.25, 0.3) is 16.9 Å². The molecule has 0 radical (unpaired) electrons. The lowest BCUT2D eigenvalue weighted by atomic mass is 10.0. The molecule has 25 heavy (non-hydrogen) atoms. The Balaban J connectivity index is 2.23. The van der Waals surface area contributed by atoms with E-state index in [1.165, 1.54) is 6.07 Å². The van der Waals surface area contributed by atoms with E-state index in [9.17, 15) is 4.39 Å². The minimum atomic E-state index is -0.449. The Morgan fingerprint density at radius 3 is 2.68 bits per heavy atom. The van der Waals surface area contributed by atoms with Gasteiger partial charge < -0.3 is 5.32 Å². The normalized spacial score (nSPS) is 12.2. The minimum absolute atomic E-state index is 0.158. The van der Waals surface area contributed by atoms with Gasteiger partial charge in [0.05, 0.1) is 5.02 Å². The molecule has 0 aliphatic heterocycles. The minimum Gasteiger partial charge on any atom is -0.382 e. The topological polar surface area (TPSA) is 42.7 Å². The van der Waals surface area contributed by atoms with Crippen molar-refractivity contribution in [3.8, 4) is 16.9 Å². The molecule has 2 heterocycles. The van der Waals surface area contributed by atoms with Crippen LogP contribution in [0, 0.1) is 5.82 Å². The highest BCUT2D eigenvalue weighted by Gasteiger charge is 2.20. The highest BCUT2D eigenvalue weighted by Crippen LogP contribution is 2.40. The molecular weight excluding hydrogens is 362 g/mol. The molecule has 7 heteroatoms. The predicted molar refractivity (Wildman–Crippen MR) is 100 cm³/mol. The van der Waals surface area contributed by atoms with E-state index in [-0.39, 0.29) is 21.8 Å². The molecule has 0 aliphatic rings. The van der Waals surface area contributed by atoms with Crippen LogP contribution in [-0.4, -0.2) is 20.8 Å². The molecule has 0 amide bonds. The molecular formula is C18H17Cl2FN4. The number of benzene rings is 1. The number of aromatic nitrogens is 3. The summed E-state index contributed by atoms with van der Waals surface area (Å²) in [6.07, 6.45) is 4.31. The van der Waals surface area contributed by atoms with Crippen LogP contribution in [0.2, 0.25) is 10.2 Å². The van der Waals surface area contributed by atoms with Gasteiger partial charge in [0, 0.05) is 41.3 Å². The van der Waals surface area contributed by atoms with E-state index in [1.807, 2.05) is 6.92 Å². The second-order valence-corrected chi connectivity index (χ2v) is 6.46. The van der Waals surface area contributed by atoms with Crippen LogP contribution in [-0.2, 0) is 0 Å². The molecule has 3 aromatic rings. The van der Waals surface area contributed by atoms with Crippen molar-refractivity contribution < 1.29 is 4.39 Å². The third kappa shape index (κ3) is 3.62. The summed E-state index contributed by atoms with van der Waals surface area (Å²) in [6.45, 7) is 4.10. The van der Waals surface area contributed by atoms with Crippen molar-refractivity contribution in [3.05, 3.63) is 58.7 Å². The van der Waals surface area contributed by atoms with Gasteiger partial charge in [-0.2, -0.15) is 5.10 Å². The van der Waals surface area contributed by atoms with Gasteiger partial charge in [0.1, 0.15) is 11.0 Å². The van der Waals surface area contributed by atoms with Gasteiger partial charge in [0.25, 0.3) is 0 Å². The SMILES string of the molecule is CCC(C)Nc1cc(-n2cccn2)nc(Cl)c1-c1c(F)cccc1Cl. The van der Waals surface area contributed by atoms with Crippen LogP contribution >= 0.6 is 23.2 Å². The van der Waals surface area contributed by atoms with Crippen LogP contribution in [0.15, 0.2) is 42.7 Å². The number of rotatable bonds is 5. The fourth-order valence-corrected chi connectivity index (χ4v) is 3.02. The molecule has 3 rings (SSSR count). The molecule has 0 spiro atoms. The van der Waals surface area contributed by atoms with Crippen LogP contribution in [0.5, 0.6) is 0 Å². The number of anilines is 1. The maximum Gasteiger partial charge on any atom is 0.157 e. The van der Waals surface area contributed by atoms with E-state index in [0.717, 1.165) is 6.42 Å². The quantitative estimate of drug-likeness (QED) is 0.588. The zero-order chi connectivity index (χ0) is 18.0. The summed E-state index contributed by atoms with van der Waals surface area (Å²) in [5.41, 5.74) is 1.34. The zero-order valence-electron chi connectivity index (χ0n) is 13.8. The first-order valence-corrected chi connectivity index (χ1v) is 8.68. The highest BCUT2D eigenvalue weighted by atomic mass is 35.5. The molecule has 1 unspecified atom stereocenters. The summed E-state index contributed by atoms with van der Waals surface area (Å²) in [5, 5.41) is 7.98. The Bertz CT molecular complexity index is 861. The van der Waals surface area contributed by atoms with Crippen LogP contribution in [0.4, 0.5) is 10.1 Å². The van der Waals surface area contributed by atoms with E-state index >= 15 is 0 Å². The van der Waals surface area contributed by atoms with Gasteiger partial charge in [0.2, 0.25) is 0 Å². The third-order valence-electron chi connectivity index (χ3n) is 3.93. The average Bonchev–Trinajstić information content (AvgIpc) is 3.11. The molecule has 1 atom stereocenters. The van der Waals surface area contributed by atoms with Crippen molar-refractivity contribution in [2.75, 3.05) is 5.32 Å². The van der Waals surface area contributed by atoms with E-state index in [0.29, 0.717) is 17.1 Å². The summed E-state index contributed by atoms with van der Waals surface area (Å²) in [6, 6.07) is 8.29. The molecule has 0 fully saturated rings. The predicted octanol–water partition coefficient (Wildman–Crippen LogP) is 5.59. The van der Waals surface area contributed by atoms with Crippen molar-refractivity contribution in [3.63, 3.8) is 0 Å². The Morgan fingerprint density at radius 2 is 2.04 bits per heavy atom. The second kappa shape index (κ2) is 7.42. The van der Waals surface area contributed by atoms with Crippen molar-refractivity contribution in [2.24, 2.45) is 0 Å². The number of hydrogen-bond acceptors (Lipinski definition) is 3. The molecule has 0 saturated carbocycles. The fourth-order valence-electron chi connectivity index (χ4n) is 2.48. The van der Waals surface area contributed by atoms with Gasteiger partial charge in [-0.1, -0.05) is 36.2 Å². The first-order valence-electron chi connectivity index (χ1n) is 7.92. The Hall–Kier alpha value is -2.11. The Morgan fingerprint density at radius 1 is 1.24 bits per heavy atom. The number of nitrogens with one attached hydrogen (secondary N) is 1. The summed E-state index contributed by atoms with van der Waals surface area (Å²) >= 11 is 12.7. The molecule has 2 aromatic heterocycles. The Labute approximate surface area is 155 Å². The zero-order valence-corrected chi connectivity index (χ0v) is 15.3. The number of pyridine rings is 1. The first kappa shape index (κ1) is 17.7. The molecule has 0 saturated heterocycles. The van der Waals surface area contributed by atoms with E-state index in [4.69, 9.17) is 23.2 Å². The van der Waals surface area contributed by atoms with Crippen LogP contribution < -0.4 is 5.32 Å². The van der Waals surface area contributed by atoms with Gasteiger partial charge in [-0.05, 0) is 31.5 Å². The van der Waals surface area contributed by atoms with Gasteiger partial charge in [0.15, 0.2) is 5.82 Å². The van der Waals surface area contributed by atoms with Crippen molar-refractivity contribution in [1.29, 1.82) is 0 Å². The molecule has 1 N–H and O–H groups in total. The standard InChI is InChI=1S/C18H17Cl2FN4/c1-3-11(2)23-14-10-15(25-9-5-8-22-25)24-18(20)17(14)16-12(19)6-4-7-13(16)21/h4-11H,3H2,1-2H3,(H,23,24). The monoisotopic (exact) mass is 378 g/mol. The lowest BCUT2D eigenvalue weighted by Gasteiger charge is -2.20. The summed E-state index contributed by atoms with van der Waals surface area (Å²) in [7, 11) is 0. The van der Waals surface area contributed by atoms with E-state index in [1.54, 1.807) is 41.3 Å². The summed E-state index contributed by atoms with van der Waals surface area (Å²) < 4.78 is 16.1. The maximum atomic E-state index is 14.5. The lowest BCUT2D eigenvalue weighted by Crippen LogP contribution is -2.15. The summed E-state index contributed by atoms with van der Waals surface area (Å²) in [4.78, 5) is 4.37. The second-order valence-electron chi connectivity index (χ2n) is 5.69. The smallest absolute Gasteiger partial charge is 0.157 e. The highest BCUT2D eigenvalue weighted by molar-refractivity contribution is 6.36. The van der Waals surface area contributed by atoms with E-state index in [2.05, 4.69) is 22.3 Å². The van der Waals surface area contributed by atoms with Crippen molar-refractivity contribution in [2.45, 2.75) is 26.3 Å². The van der Waals surface area contributed by atoms with Gasteiger partial charge in [-0.3, -0.25) is 0 Å². The third-order valence-corrected chi connectivity index (χ3v) is 4.52. The van der Waals surface area contributed by atoms with Crippen molar-refractivity contribution in [1.82, 2.24) is 14.8 Å². The molecule has 0 bridgehead atoms. The molecule has 0 aliphatic carbocycles. The molecule has 130 valence electrons. The van der Waals surface area contributed by atoms with Gasteiger partial charge in [-0.25, -0.2) is 14.1 Å². The average molecular weight is 379 g/mol. The number of halogens is 3. The summed E-state index contributed by atoms with van der Waals surface area (Å²) in [5.74, 6) is 0.0901. The Kier molecular flexibility index (Phi) is 5.25. The molecule has 1 aromatic carbocycles. The maximum absolute atomic E-state index is 14.5. The fraction of sp³-hybridized carbons (Fsp3) is 0.222. The van der Waals surface area contributed by atoms with Gasteiger partial charge >= 0.3 is 0 Å². The number of hydrogen-bond donors (Lipinski definition) is 1. The molecule has 4 nitrogen and oxygen atoms in total. The van der Waals surface area contributed by atoms with Crippen LogP contribution in [0.3, 0.4) is 0 Å². The van der Waals surface area contributed by atoms with Crippen LogP contribution in [0.1, 0.15) is 20.3 Å². The number of nitrogens with zero attached hydrogens (tertiary/aromatic N) is 3. The van der Waals surface area contributed by atoms with Crippen molar-refractivity contribution >= 4 is 28.9 Å². The van der Waals surface area contributed by atoms with E-state index < -0.39 is 5.82 Å². The lowest BCUT2D eigenvalue weighted by molar-refractivity contribution is 0.631. The van der Waals surface area contributed by atoms with Gasteiger partial charge in [-0.15, -0.1) is 0 Å². The largest absolute Gasteiger partial charge is 0.382 e.